The molecule has 0 spiro atoms. The number of hydrogen-bond donors (Lipinski definition) is 3. The molecule has 1 aromatic carbocycles. The molecule has 0 aliphatic carbocycles. The highest BCUT2D eigenvalue weighted by atomic mass is 16.5. The molecule has 0 heterocycles. The van der Waals surface area contributed by atoms with Crippen LogP contribution in [0, 0.1) is 0 Å². The summed E-state index contributed by atoms with van der Waals surface area (Å²) in [5, 5.41) is 2.47. The third-order valence-electron chi connectivity index (χ3n) is 2.08. The van der Waals surface area contributed by atoms with E-state index in [1.165, 1.54) is 0 Å². The van der Waals surface area contributed by atoms with Crippen molar-refractivity contribution in [3.05, 3.63) is 24.3 Å². The van der Waals surface area contributed by atoms with Crippen molar-refractivity contribution in [2.24, 2.45) is 0 Å². The van der Waals surface area contributed by atoms with Crippen molar-refractivity contribution < 1.29 is 19.1 Å². The van der Waals surface area contributed by atoms with Crippen LogP contribution >= 0.6 is 0 Å². The first-order chi connectivity index (χ1) is 9.15. The van der Waals surface area contributed by atoms with Crippen molar-refractivity contribution >= 4 is 11.9 Å². The van der Waals surface area contributed by atoms with Gasteiger partial charge in [0, 0.05) is 6.54 Å². The Balaban J connectivity index is 2.27. The van der Waals surface area contributed by atoms with Crippen molar-refractivity contribution in [2.75, 3.05) is 20.3 Å². The minimum Gasteiger partial charge on any atom is -0.497 e. The molecule has 7 nitrogen and oxygen atoms in total. The second-order valence-electron chi connectivity index (χ2n) is 3.50. The molecular formula is C12H17N3O4. The third-order valence-corrected chi connectivity index (χ3v) is 2.08. The first kappa shape index (κ1) is 14.6. The fraction of sp³-hybridized carbons (Fsp3) is 0.333. The molecule has 3 N–H and O–H groups in total. The van der Waals surface area contributed by atoms with Crippen LogP contribution in [0.4, 0.5) is 4.79 Å². The van der Waals surface area contributed by atoms with Gasteiger partial charge in [-0.25, -0.2) is 10.2 Å². The first-order valence-corrected chi connectivity index (χ1v) is 5.75. The molecule has 0 fully saturated rings. The molecule has 0 aliphatic rings. The summed E-state index contributed by atoms with van der Waals surface area (Å²) in [7, 11) is 1.57. The summed E-state index contributed by atoms with van der Waals surface area (Å²) in [5.41, 5.74) is 4.40. The SMILES string of the molecule is CCNC(=O)NNC(=O)COc1ccc(OC)cc1. The lowest BCUT2D eigenvalue weighted by atomic mass is 10.3. The van der Waals surface area contributed by atoms with Gasteiger partial charge < -0.3 is 14.8 Å². The molecule has 0 saturated carbocycles. The highest BCUT2D eigenvalue weighted by Gasteiger charge is 2.04. The smallest absolute Gasteiger partial charge is 0.333 e. The predicted molar refractivity (Wildman–Crippen MR) is 68.8 cm³/mol. The molecular weight excluding hydrogens is 250 g/mol. The van der Waals surface area contributed by atoms with E-state index in [1.807, 2.05) is 0 Å². The minimum atomic E-state index is -0.472. The molecule has 0 aromatic heterocycles. The van der Waals surface area contributed by atoms with Gasteiger partial charge in [0.1, 0.15) is 11.5 Å². The van der Waals surface area contributed by atoms with Gasteiger partial charge in [-0.1, -0.05) is 0 Å². The maximum Gasteiger partial charge on any atom is 0.333 e. The number of amides is 3. The van der Waals surface area contributed by atoms with E-state index in [0.717, 1.165) is 0 Å². The lowest BCUT2D eigenvalue weighted by Gasteiger charge is -2.09. The molecule has 0 saturated heterocycles. The molecule has 7 heteroatoms. The van der Waals surface area contributed by atoms with Crippen LogP contribution in [0.1, 0.15) is 6.92 Å². The average Bonchev–Trinajstić information content (AvgIpc) is 2.44. The van der Waals surface area contributed by atoms with Crippen LogP contribution in [0.5, 0.6) is 11.5 Å². The zero-order valence-electron chi connectivity index (χ0n) is 10.9. The lowest BCUT2D eigenvalue weighted by Crippen LogP contribution is -2.48. The lowest BCUT2D eigenvalue weighted by molar-refractivity contribution is -0.123. The van der Waals surface area contributed by atoms with Crippen LogP contribution < -0.4 is 25.6 Å². The minimum absolute atomic E-state index is 0.196. The van der Waals surface area contributed by atoms with Crippen LogP contribution in [0.2, 0.25) is 0 Å². The Kier molecular flexibility index (Phi) is 6.00. The van der Waals surface area contributed by atoms with E-state index in [9.17, 15) is 9.59 Å². The summed E-state index contributed by atoms with van der Waals surface area (Å²) in [5.74, 6) is 0.783. The number of benzene rings is 1. The summed E-state index contributed by atoms with van der Waals surface area (Å²) < 4.78 is 10.2. The number of nitrogens with one attached hydrogen (secondary N) is 3. The normalized spacial score (nSPS) is 9.37. The van der Waals surface area contributed by atoms with Crippen molar-refractivity contribution in [2.45, 2.75) is 6.92 Å². The average molecular weight is 267 g/mol. The fourth-order valence-corrected chi connectivity index (χ4v) is 1.19. The maximum absolute atomic E-state index is 11.3. The number of hydrazine groups is 1. The summed E-state index contributed by atoms with van der Waals surface area (Å²) in [6, 6.07) is 6.34. The number of hydrogen-bond acceptors (Lipinski definition) is 4. The molecule has 3 amide bonds. The molecule has 1 aromatic rings. The van der Waals surface area contributed by atoms with Crippen molar-refractivity contribution in [3.63, 3.8) is 0 Å². The molecule has 0 atom stereocenters. The Morgan fingerprint density at radius 1 is 1.11 bits per heavy atom. The molecule has 0 aliphatic heterocycles. The molecule has 0 unspecified atom stereocenters. The van der Waals surface area contributed by atoms with Crippen LogP contribution in [0.25, 0.3) is 0 Å². The molecule has 1 rings (SSSR count). The number of rotatable bonds is 5. The highest BCUT2D eigenvalue weighted by Crippen LogP contribution is 2.16. The van der Waals surface area contributed by atoms with Gasteiger partial charge in [-0.15, -0.1) is 0 Å². The third kappa shape index (κ3) is 5.62. The zero-order chi connectivity index (χ0) is 14.1. The Labute approximate surface area is 111 Å². The quantitative estimate of drug-likeness (QED) is 0.675. The second kappa shape index (κ2) is 7.80. The summed E-state index contributed by atoms with van der Waals surface area (Å²) in [6.45, 7) is 2.05. The van der Waals surface area contributed by atoms with Crippen LogP contribution in [-0.4, -0.2) is 32.2 Å². The van der Waals surface area contributed by atoms with Crippen LogP contribution in [-0.2, 0) is 4.79 Å². The molecule has 104 valence electrons. The van der Waals surface area contributed by atoms with Gasteiger partial charge in [-0.3, -0.25) is 10.2 Å². The fourth-order valence-electron chi connectivity index (χ4n) is 1.19. The highest BCUT2D eigenvalue weighted by molar-refractivity contribution is 5.81. The monoisotopic (exact) mass is 267 g/mol. The van der Waals surface area contributed by atoms with E-state index in [4.69, 9.17) is 9.47 Å². The van der Waals surface area contributed by atoms with Gasteiger partial charge in [-0.2, -0.15) is 0 Å². The summed E-state index contributed by atoms with van der Waals surface area (Å²) >= 11 is 0. The van der Waals surface area contributed by atoms with E-state index in [2.05, 4.69) is 16.2 Å². The van der Waals surface area contributed by atoms with Gasteiger partial charge >= 0.3 is 6.03 Å². The number of methoxy groups -OCH3 is 1. The van der Waals surface area contributed by atoms with E-state index < -0.39 is 11.9 Å². The molecule has 0 bridgehead atoms. The van der Waals surface area contributed by atoms with Crippen molar-refractivity contribution in [3.8, 4) is 11.5 Å². The standard InChI is InChI=1S/C12H17N3O4/c1-3-13-12(17)15-14-11(16)8-19-10-6-4-9(18-2)5-7-10/h4-7H,3,8H2,1-2H3,(H,14,16)(H2,13,15,17). The van der Waals surface area contributed by atoms with Gasteiger partial charge in [-0.05, 0) is 31.2 Å². The van der Waals surface area contributed by atoms with Gasteiger partial charge in [0.2, 0.25) is 0 Å². The Morgan fingerprint density at radius 2 is 1.74 bits per heavy atom. The van der Waals surface area contributed by atoms with Gasteiger partial charge in [0.05, 0.1) is 7.11 Å². The molecule has 0 radical (unpaired) electrons. The van der Waals surface area contributed by atoms with Crippen LogP contribution in [0.3, 0.4) is 0 Å². The second-order valence-corrected chi connectivity index (χ2v) is 3.50. The Hall–Kier alpha value is -2.44. The first-order valence-electron chi connectivity index (χ1n) is 5.75. The van der Waals surface area contributed by atoms with E-state index >= 15 is 0 Å². The predicted octanol–water partition coefficient (Wildman–Crippen LogP) is 0.424. The summed E-state index contributed by atoms with van der Waals surface area (Å²) in [6.07, 6.45) is 0. The van der Waals surface area contributed by atoms with Gasteiger partial charge in [0.25, 0.3) is 5.91 Å². The largest absolute Gasteiger partial charge is 0.497 e. The zero-order valence-corrected chi connectivity index (χ0v) is 10.9. The van der Waals surface area contributed by atoms with Crippen molar-refractivity contribution in [1.82, 2.24) is 16.2 Å². The summed E-state index contributed by atoms with van der Waals surface area (Å²) in [4.78, 5) is 22.3. The van der Waals surface area contributed by atoms with Crippen LogP contribution in [0.15, 0.2) is 24.3 Å². The van der Waals surface area contributed by atoms with E-state index in [1.54, 1.807) is 38.3 Å². The van der Waals surface area contributed by atoms with Crippen molar-refractivity contribution in [1.29, 1.82) is 0 Å². The van der Waals surface area contributed by atoms with E-state index in [0.29, 0.717) is 18.0 Å². The van der Waals surface area contributed by atoms with Gasteiger partial charge in [0.15, 0.2) is 6.61 Å². The topological polar surface area (TPSA) is 88.7 Å². The molecule has 19 heavy (non-hydrogen) atoms. The number of urea groups is 1. The number of carbonyl (C=O) groups is 2. The number of ether oxygens (including phenoxy) is 2. The van der Waals surface area contributed by atoms with E-state index in [-0.39, 0.29) is 6.61 Å². The maximum atomic E-state index is 11.3. The Bertz CT molecular complexity index is 419. The number of carbonyl (C=O) groups excluding carboxylic acids is 2. The Morgan fingerprint density at radius 3 is 2.32 bits per heavy atom.